The molecular weight excluding hydrogens is 240 g/mol. The highest BCUT2D eigenvalue weighted by molar-refractivity contribution is 5.87. The average molecular weight is 262 g/mol. The van der Waals surface area contributed by atoms with Crippen molar-refractivity contribution in [3.63, 3.8) is 0 Å². The van der Waals surface area contributed by atoms with E-state index < -0.39 is 5.41 Å². The van der Waals surface area contributed by atoms with E-state index in [1.165, 1.54) is 5.56 Å². The van der Waals surface area contributed by atoms with E-state index in [1.54, 1.807) is 0 Å². The van der Waals surface area contributed by atoms with Crippen LogP contribution in [0.2, 0.25) is 0 Å². The van der Waals surface area contributed by atoms with Gasteiger partial charge in [-0.3, -0.25) is 10.2 Å². The average Bonchev–Trinajstić information content (AvgIpc) is 2.47. The second kappa shape index (κ2) is 5.72. The number of hydrazine groups is 1. The number of amides is 1. The van der Waals surface area contributed by atoms with E-state index >= 15 is 0 Å². The summed E-state index contributed by atoms with van der Waals surface area (Å²) in [6.07, 6.45) is 1.36. The van der Waals surface area contributed by atoms with Crippen LogP contribution in [0.3, 0.4) is 0 Å². The number of carbonyl (C=O) groups is 1. The van der Waals surface area contributed by atoms with Crippen molar-refractivity contribution in [1.29, 1.82) is 0 Å². The molecule has 0 atom stereocenters. The molecule has 1 aliphatic heterocycles. The number of nitrogens with one attached hydrogen (secondary N) is 1. The summed E-state index contributed by atoms with van der Waals surface area (Å²) in [4.78, 5) is 12.2. The molecule has 4 nitrogen and oxygen atoms in total. The molecular formula is C15H22N2O2. The van der Waals surface area contributed by atoms with E-state index in [0.717, 1.165) is 5.56 Å². The van der Waals surface area contributed by atoms with Gasteiger partial charge in [-0.15, -0.1) is 0 Å². The van der Waals surface area contributed by atoms with Gasteiger partial charge in [-0.05, 0) is 29.9 Å². The summed E-state index contributed by atoms with van der Waals surface area (Å²) >= 11 is 0. The van der Waals surface area contributed by atoms with Crippen molar-refractivity contribution in [2.24, 2.45) is 5.84 Å². The first-order valence-corrected chi connectivity index (χ1v) is 6.79. The third kappa shape index (κ3) is 2.65. The first-order chi connectivity index (χ1) is 9.10. The Balaban J connectivity index is 2.35. The molecule has 1 aromatic rings. The van der Waals surface area contributed by atoms with Gasteiger partial charge >= 0.3 is 0 Å². The normalized spacial score (nSPS) is 18.3. The quantitative estimate of drug-likeness (QED) is 0.496. The second-order valence-electron chi connectivity index (χ2n) is 5.44. The molecule has 1 heterocycles. The zero-order valence-electron chi connectivity index (χ0n) is 11.6. The molecule has 0 bridgehead atoms. The SMILES string of the molecule is CC(C)c1ccc(C2(C(=O)NN)CCOCC2)cc1. The molecule has 0 unspecified atom stereocenters. The molecule has 1 fully saturated rings. The van der Waals surface area contributed by atoms with Gasteiger partial charge in [0.25, 0.3) is 0 Å². The van der Waals surface area contributed by atoms with Gasteiger partial charge in [0.2, 0.25) is 5.91 Å². The van der Waals surface area contributed by atoms with Crippen LogP contribution in [-0.2, 0) is 14.9 Å². The smallest absolute Gasteiger partial charge is 0.244 e. The molecule has 0 aromatic heterocycles. The number of hydrogen-bond acceptors (Lipinski definition) is 3. The molecule has 19 heavy (non-hydrogen) atoms. The van der Waals surface area contributed by atoms with Crippen LogP contribution < -0.4 is 11.3 Å². The summed E-state index contributed by atoms with van der Waals surface area (Å²) in [6.45, 7) is 5.51. The fourth-order valence-electron chi connectivity index (χ4n) is 2.69. The molecule has 104 valence electrons. The van der Waals surface area contributed by atoms with E-state index in [-0.39, 0.29) is 5.91 Å². The Bertz CT molecular complexity index is 434. The molecule has 1 amide bonds. The standard InChI is InChI=1S/C15H22N2O2/c1-11(2)12-3-5-13(6-4-12)15(14(18)17-16)7-9-19-10-8-15/h3-6,11H,7-10,16H2,1-2H3,(H,17,18). The van der Waals surface area contributed by atoms with E-state index in [9.17, 15) is 4.79 Å². The second-order valence-corrected chi connectivity index (χ2v) is 5.44. The molecule has 1 aromatic carbocycles. The lowest BCUT2D eigenvalue weighted by Gasteiger charge is -2.35. The van der Waals surface area contributed by atoms with E-state index in [4.69, 9.17) is 10.6 Å². The number of ether oxygens (including phenoxy) is 1. The third-order valence-corrected chi connectivity index (χ3v) is 4.04. The molecule has 0 spiro atoms. The summed E-state index contributed by atoms with van der Waals surface area (Å²) in [5.74, 6) is 5.73. The van der Waals surface area contributed by atoms with Crippen molar-refractivity contribution in [3.8, 4) is 0 Å². The Morgan fingerprint density at radius 2 is 1.84 bits per heavy atom. The van der Waals surface area contributed by atoms with Crippen molar-refractivity contribution in [3.05, 3.63) is 35.4 Å². The lowest BCUT2D eigenvalue weighted by atomic mass is 9.73. The minimum Gasteiger partial charge on any atom is -0.381 e. The maximum absolute atomic E-state index is 12.2. The van der Waals surface area contributed by atoms with Crippen molar-refractivity contribution in [2.45, 2.75) is 38.0 Å². The lowest BCUT2D eigenvalue weighted by Crippen LogP contribution is -2.50. The summed E-state index contributed by atoms with van der Waals surface area (Å²) in [6, 6.07) is 8.30. The lowest BCUT2D eigenvalue weighted by molar-refractivity contribution is -0.130. The number of carbonyl (C=O) groups excluding carboxylic acids is 1. The Kier molecular flexibility index (Phi) is 4.22. The first-order valence-electron chi connectivity index (χ1n) is 6.79. The van der Waals surface area contributed by atoms with Crippen molar-refractivity contribution < 1.29 is 9.53 Å². The van der Waals surface area contributed by atoms with Crippen LogP contribution in [0.25, 0.3) is 0 Å². The fourth-order valence-corrected chi connectivity index (χ4v) is 2.69. The summed E-state index contributed by atoms with van der Waals surface area (Å²) in [7, 11) is 0. The van der Waals surface area contributed by atoms with Gasteiger partial charge in [-0.2, -0.15) is 0 Å². The fraction of sp³-hybridized carbons (Fsp3) is 0.533. The highest BCUT2D eigenvalue weighted by Gasteiger charge is 2.41. The Hall–Kier alpha value is -1.39. The highest BCUT2D eigenvalue weighted by atomic mass is 16.5. The van der Waals surface area contributed by atoms with Crippen molar-refractivity contribution >= 4 is 5.91 Å². The summed E-state index contributed by atoms with van der Waals surface area (Å²) < 4.78 is 5.38. The molecule has 0 aliphatic carbocycles. The van der Waals surface area contributed by atoms with Crippen LogP contribution in [0, 0.1) is 0 Å². The van der Waals surface area contributed by atoms with Gasteiger partial charge in [-0.25, -0.2) is 5.84 Å². The van der Waals surface area contributed by atoms with Gasteiger partial charge < -0.3 is 4.74 Å². The van der Waals surface area contributed by atoms with Gasteiger partial charge in [0, 0.05) is 13.2 Å². The molecule has 0 saturated carbocycles. The number of rotatable bonds is 3. The number of hydrogen-bond donors (Lipinski definition) is 2. The highest BCUT2D eigenvalue weighted by Crippen LogP contribution is 2.35. The molecule has 1 saturated heterocycles. The maximum atomic E-state index is 12.2. The predicted molar refractivity (Wildman–Crippen MR) is 74.6 cm³/mol. The zero-order chi connectivity index (χ0) is 13.9. The van der Waals surface area contributed by atoms with Crippen LogP contribution in [0.15, 0.2) is 24.3 Å². The monoisotopic (exact) mass is 262 g/mol. The van der Waals surface area contributed by atoms with Crippen LogP contribution in [0.4, 0.5) is 0 Å². The Morgan fingerprint density at radius 1 is 1.26 bits per heavy atom. The van der Waals surface area contributed by atoms with Crippen LogP contribution in [-0.4, -0.2) is 19.1 Å². The first kappa shape index (κ1) is 14.0. The van der Waals surface area contributed by atoms with Crippen molar-refractivity contribution in [1.82, 2.24) is 5.43 Å². The largest absolute Gasteiger partial charge is 0.381 e. The summed E-state index contributed by atoms with van der Waals surface area (Å²) in [5, 5.41) is 0. The van der Waals surface area contributed by atoms with Gasteiger partial charge in [0.05, 0.1) is 5.41 Å². The summed E-state index contributed by atoms with van der Waals surface area (Å²) in [5.41, 5.74) is 4.09. The molecule has 1 aliphatic rings. The Morgan fingerprint density at radius 3 is 2.32 bits per heavy atom. The van der Waals surface area contributed by atoms with E-state index in [2.05, 4.69) is 43.5 Å². The Labute approximate surface area is 114 Å². The number of benzene rings is 1. The third-order valence-electron chi connectivity index (χ3n) is 4.04. The van der Waals surface area contributed by atoms with Crippen molar-refractivity contribution in [2.75, 3.05) is 13.2 Å². The van der Waals surface area contributed by atoms with E-state index in [1.807, 2.05) is 0 Å². The minimum absolute atomic E-state index is 0.118. The van der Waals surface area contributed by atoms with Crippen LogP contribution >= 0.6 is 0 Å². The molecule has 4 heteroatoms. The van der Waals surface area contributed by atoms with Gasteiger partial charge in [-0.1, -0.05) is 38.1 Å². The van der Waals surface area contributed by atoms with E-state index in [0.29, 0.717) is 32.0 Å². The van der Waals surface area contributed by atoms with Crippen LogP contribution in [0.5, 0.6) is 0 Å². The van der Waals surface area contributed by atoms with Gasteiger partial charge in [0.15, 0.2) is 0 Å². The molecule has 2 rings (SSSR count). The zero-order valence-corrected chi connectivity index (χ0v) is 11.6. The minimum atomic E-state index is -0.539. The molecule has 3 N–H and O–H groups in total. The number of nitrogens with two attached hydrogens (primary N) is 1. The maximum Gasteiger partial charge on any atom is 0.244 e. The predicted octanol–water partition coefficient (Wildman–Crippen LogP) is 1.85. The topological polar surface area (TPSA) is 64.4 Å². The van der Waals surface area contributed by atoms with Crippen LogP contribution in [0.1, 0.15) is 43.7 Å². The van der Waals surface area contributed by atoms with Gasteiger partial charge in [0.1, 0.15) is 0 Å². The molecule has 0 radical (unpaired) electrons.